The van der Waals surface area contributed by atoms with Crippen molar-refractivity contribution < 1.29 is 19.2 Å². The number of rotatable bonds is 5. The Labute approximate surface area is 200 Å². The van der Waals surface area contributed by atoms with Crippen molar-refractivity contribution >= 4 is 71.3 Å². The Balaban J connectivity index is 1.65. The second-order valence-corrected chi connectivity index (χ2v) is 9.48. The number of thiazole rings is 1. The molecule has 34 heavy (non-hydrogen) atoms. The van der Waals surface area contributed by atoms with Crippen LogP contribution in [-0.2, 0) is 16.1 Å². The van der Waals surface area contributed by atoms with Gasteiger partial charge in [-0.05, 0) is 30.5 Å². The van der Waals surface area contributed by atoms with E-state index in [1.165, 1.54) is 34.8 Å². The maximum absolute atomic E-state index is 13.1. The summed E-state index contributed by atoms with van der Waals surface area (Å²) in [5.41, 5.74) is 0.750. The summed E-state index contributed by atoms with van der Waals surface area (Å²) in [5, 5.41) is 13.7. The van der Waals surface area contributed by atoms with Crippen LogP contribution < -0.4 is 4.80 Å². The minimum Gasteiger partial charge on any atom is -0.465 e. The Bertz CT molecular complexity index is 1680. The highest BCUT2D eigenvalue weighted by Gasteiger charge is 2.17. The van der Waals surface area contributed by atoms with Gasteiger partial charge in [0.05, 0.1) is 26.6 Å². The number of nitro groups is 1. The zero-order valence-electron chi connectivity index (χ0n) is 17.9. The first kappa shape index (κ1) is 21.9. The molecule has 5 rings (SSSR count). The minimum atomic E-state index is -0.475. The van der Waals surface area contributed by atoms with E-state index in [9.17, 15) is 19.7 Å². The van der Waals surface area contributed by atoms with Gasteiger partial charge in [-0.2, -0.15) is 4.99 Å². The summed E-state index contributed by atoms with van der Waals surface area (Å²) in [7, 11) is 0. The molecule has 0 unspecified atom stereocenters. The number of nitro benzene ring substituents is 1. The molecule has 1 amide bonds. The standard InChI is InChI=1S/C24H17N3O5S2/c1-2-32-21(28)13-26-18-9-7-14-5-3-4-6-17(14)22(18)34-24(26)25-23(29)20-12-15-11-16(27(30)31)8-10-19(15)33-20/h3-12H,2,13H2,1H3. The van der Waals surface area contributed by atoms with Crippen LogP contribution in [-0.4, -0.2) is 28.0 Å². The van der Waals surface area contributed by atoms with Gasteiger partial charge >= 0.3 is 5.97 Å². The van der Waals surface area contributed by atoms with Gasteiger partial charge in [-0.3, -0.25) is 19.7 Å². The third-order valence-corrected chi connectivity index (χ3v) is 7.52. The molecule has 0 aliphatic heterocycles. The maximum atomic E-state index is 13.1. The number of amides is 1. The van der Waals surface area contributed by atoms with E-state index in [-0.39, 0.29) is 18.8 Å². The molecular formula is C24H17N3O5S2. The van der Waals surface area contributed by atoms with Crippen molar-refractivity contribution in [1.82, 2.24) is 4.57 Å². The topological polar surface area (TPSA) is 104 Å². The largest absolute Gasteiger partial charge is 0.465 e. The highest BCUT2D eigenvalue weighted by molar-refractivity contribution is 7.21. The molecule has 0 N–H and O–H groups in total. The van der Waals surface area contributed by atoms with Crippen LogP contribution in [0, 0.1) is 10.1 Å². The number of carbonyl (C=O) groups excluding carboxylic acids is 2. The van der Waals surface area contributed by atoms with Gasteiger partial charge in [-0.25, -0.2) is 0 Å². The molecule has 2 heterocycles. The molecule has 0 bridgehead atoms. The van der Waals surface area contributed by atoms with Gasteiger partial charge in [-0.1, -0.05) is 41.7 Å². The lowest BCUT2D eigenvalue weighted by atomic mass is 10.1. The Morgan fingerprint density at radius 3 is 2.68 bits per heavy atom. The van der Waals surface area contributed by atoms with E-state index in [0.29, 0.717) is 15.1 Å². The molecular weight excluding hydrogens is 474 g/mol. The SMILES string of the molecule is CCOC(=O)Cn1c(=NC(=O)c2cc3cc([N+](=O)[O-])ccc3s2)sc2c3ccccc3ccc21. The van der Waals surface area contributed by atoms with Crippen molar-refractivity contribution in [3.63, 3.8) is 0 Å². The number of hydrogen-bond donors (Lipinski definition) is 0. The molecule has 0 radical (unpaired) electrons. The highest BCUT2D eigenvalue weighted by Crippen LogP contribution is 2.30. The smallest absolute Gasteiger partial charge is 0.326 e. The predicted octanol–water partition coefficient (Wildman–Crippen LogP) is 5.28. The van der Waals surface area contributed by atoms with Crippen molar-refractivity contribution in [2.45, 2.75) is 13.5 Å². The first-order chi connectivity index (χ1) is 16.4. The van der Waals surface area contributed by atoms with Crippen molar-refractivity contribution in [3.8, 4) is 0 Å². The fourth-order valence-corrected chi connectivity index (χ4v) is 5.85. The fraction of sp³-hybridized carbons (Fsp3) is 0.125. The normalized spacial score (nSPS) is 12.0. The fourth-order valence-electron chi connectivity index (χ4n) is 3.76. The molecule has 2 aromatic heterocycles. The van der Waals surface area contributed by atoms with Crippen molar-refractivity contribution in [1.29, 1.82) is 0 Å². The van der Waals surface area contributed by atoms with E-state index in [1.807, 2.05) is 36.4 Å². The van der Waals surface area contributed by atoms with Crippen LogP contribution in [0.25, 0.3) is 31.1 Å². The summed E-state index contributed by atoms with van der Waals surface area (Å²) in [6, 6.07) is 17.9. The van der Waals surface area contributed by atoms with Crippen LogP contribution in [0.4, 0.5) is 5.69 Å². The summed E-state index contributed by atoms with van der Waals surface area (Å²) < 4.78 is 8.50. The molecule has 0 spiro atoms. The average Bonchev–Trinajstić information content (AvgIpc) is 3.40. The minimum absolute atomic E-state index is 0.0371. The number of nitrogens with zero attached hydrogens (tertiary/aromatic N) is 3. The molecule has 0 aliphatic rings. The summed E-state index contributed by atoms with van der Waals surface area (Å²) in [4.78, 5) is 41.1. The summed E-state index contributed by atoms with van der Waals surface area (Å²) >= 11 is 2.55. The Kier molecular flexibility index (Phi) is 5.68. The molecule has 5 aromatic rings. The third-order valence-electron chi connectivity index (χ3n) is 5.29. The summed E-state index contributed by atoms with van der Waals surface area (Å²) in [6.07, 6.45) is 0. The Morgan fingerprint density at radius 2 is 1.88 bits per heavy atom. The lowest BCUT2D eigenvalue weighted by Crippen LogP contribution is -2.23. The van der Waals surface area contributed by atoms with Crippen molar-refractivity contribution in [3.05, 3.63) is 80.5 Å². The van der Waals surface area contributed by atoms with Gasteiger partial charge in [0.15, 0.2) is 4.80 Å². The summed E-state index contributed by atoms with van der Waals surface area (Å²) in [5.74, 6) is -0.893. The van der Waals surface area contributed by atoms with Crippen LogP contribution in [0.15, 0.2) is 65.7 Å². The number of esters is 1. The molecule has 0 fully saturated rings. The number of aromatic nitrogens is 1. The average molecular weight is 492 g/mol. The molecule has 3 aromatic carbocycles. The number of hydrogen-bond acceptors (Lipinski definition) is 7. The lowest BCUT2D eigenvalue weighted by Gasteiger charge is -2.05. The molecule has 0 saturated carbocycles. The zero-order chi connectivity index (χ0) is 23.8. The highest BCUT2D eigenvalue weighted by atomic mass is 32.1. The molecule has 170 valence electrons. The van der Waals surface area contributed by atoms with Crippen LogP contribution in [0.3, 0.4) is 0 Å². The van der Waals surface area contributed by atoms with E-state index >= 15 is 0 Å². The van der Waals surface area contributed by atoms with E-state index in [0.717, 1.165) is 25.7 Å². The van der Waals surface area contributed by atoms with Gasteiger partial charge < -0.3 is 9.30 Å². The van der Waals surface area contributed by atoms with Crippen LogP contribution in [0.1, 0.15) is 16.6 Å². The number of ether oxygens (including phenoxy) is 1. The monoisotopic (exact) mass is 491 g/mol. The van der Waals surface area contributed by atoms with E-state index in [1.54, 1.807) is 23.6 Å². The first-order valence-electron chi connectivity index (χ1n) is 10.4. The van der Waals surface area contributed by atoms with Crippen LogP contribution in [0.2, 0.25) is 0 Å². The number of non-ortho nitro benzene ring substituents is 1. The van der Waals surface area contributed by atoms with Gasteiger partial charge in [0.25, 0.3) is 11.6 Å². The van der Waals surface area contributed by atoms with Gasteiger partial charge in [0.1, 0.15) is 6.54 Å². The number of fused-ring (bicyclic) bond motifs is 4. The van der Waals surface area contributed by atoms with Gasteiger partial charge in [0, 0.05) is 27.6 Å². The Morgan fingerprint density at radius 1 is 1.06 bits per heavy atom. The molecule has 8 nitrogen and oxygen atoms in total. The van der Waals surface area contributed by atoms with E-state index in [2.05, 4.69) is 4.99 Å². The quantitative estimate of drug-likeness (QED) is 0.189. The van der Waals surface area contributed by atoms with Crippen molar-refractivity contribution in [2.24, 2.45) is 4.99 Å². The Hall–Kier alpha value is -3.89. The van der Waals surface area contributed by atoms with Crippen LogP contribution >= 0.6 is 22.7 Å². The van der Waals surface area contributed by atoms with Crippen LogP contribution in [0.5, 0.6) is 0 Å². The van der Waals surface area contributed by atoms with E-state index in [4.69, 9.17) is 4.74 Å². The number of benzene rings is 3. The van der Waals surface area contributed by atoms with Gasteiger partial charge in [0.2, 0.25) is 0 Å². The summed E-state index contributed by atoms with van der Waals surface area (Å²) in [6.45, 7) is 1.92. The van der Waals surface area contributed by atoms with E-state index < -0.39 is 16.8 Å². The second kappa shape index (κ2) is 8.81. The third kappa shape index (κ3) is 3.97. The predicted molar refractivity (Wildman–Crippen MR) is 132 cm³/mol. The van der Waals surface area contributed by atoms with Gasteiger partial charge in [-0.15, -0.1) is 11.3 Å². The lowest BCUT2D eigenvalue weighted by molar-refractivity contribution is -0.384. The number of carbonyl (C=O) groups is 2. The molecule has 10 heteroatoms. The molecule has 0 aliphatic carbocycles. The second-order valence-electron chi connectivity index (χ2n) is 7.42. The molecule has 0 atom stereocenters. The maximum Gasteiger partial charge on any atom is 0.326 e. The first-order valence-corrected chi connectivity index (χ1v) is 12.0. The zero-order valence-corrected chi connectivity index (χ0v) is 19.5. The molecule has 0 saturated heterocycles. The number of thiophene rings is 1. The van der Waals surface area contributed by atoms with Crippen molar-refractivity contribution in [2.75, 3.05) is 6.61 Å².